The molecule has 3 N–H and O–H groups in total. The Hall–Kier alpha value is -1.55. The number of nitrogens with two attached hydrogens (primary N) is 1. The molecule has 0 bridgehead atoms. The Morgan fingerprint density at radius 3 is 2.71 bits per heavy atom. The number of anilines is 1. The third-order valence-corrected chi connectivity index (χ3v) is 4.31. The molecule has 1 saturated carbocycles. The van der Waals surface area contributed by atoms with Crippen LogP contribution in [-0.2, 0) is 4.79 Å². The SMILES string of the molecule is CCN(CCCNC(=O)C1CCCC1N)c1ccccc1. The van der Waals surface area contributed by atoms with Gasteiger partial charge in [0.05, 0.1) is 5.92 Å². The fraction of sp³-hybridized carbons (Fsp3) is 0.588. The molecule has 2 unspecified atom stereocenters. The van der Waals surface area contributed by atoms with Crippen molar-refractivity contribution in [2.45, 2.75) is 38.6 Å². The van der Waals surface area contributed by atoms with E-state index < -0.39 is 0 Å². The van der Waals surface area contributed by atoms with Crippen molar-refractivity contribution in [2.75, 3.05) is 24.5 Å². The number of nitrogens with one attached hydrogen (secondary N) is 1. The lowest BCUT2D eigenvalue weighted by Gasteiger charge is -2.23. The second kappa shape index (κ2) is 8.03. The maximum atomic E-state index is 12.0. The normalized spacial score (nSPS) is 21.2. The lowest BCUT2D eigenvalue weighted by Crippen LogP contribution is -2.39. The number of amides is 1. The Morgan fingerprint density at radius 1 is 1.33 bits per heavy atom. The first-order chi connectivity index (χ1) is 10.2. The molecule has 0 saturated heterocycles. The van der Waals surface area contributed by atoms with Gasteiger partial charge in [-0.05, 0) is 38.3 Å². The average molecular weight is 289 g/mol. The summed E-state index contributed by atoms with van der Waals surface area (Å²) >= 11 is 0. The van der Waals surface area contributed by atoms with E-state index in [0.717, 1.165) is 45.3 Å². The van der Waals surface area contributed by atoms with Crippen LogP contribution in [0.25, 0.3) is 0 Å². The number of benzene rings is 1. The number of nitrogens with zero attached hydrogens (tertiary/aromatic N) is 1. The van der Waals surface area contributed by atoms with Crippen molar-refractivity contribution in [1.29, 1.82) is 0 Å². The van der Waals surface area contributed by atoms with Gasteiger partial charge in [-0.1, -0.05) is 24.6 Å². The molecular weight excluding hydrogens is 262 g/mol. The van der Waals surface area contributed by atoms with Crippen molar-refractivity contribution in [3.8, 4) is 0 Å². The van der Waals surface area contributed by atoms with E-state index in [0.29, 0.717) is 0 Å². The minimum atomic E-state index is 0.0291. The molecule has 21 heavy (non-hydrogen) atoms. The summed E-state index contributed by atoms with van der Waals surface area (Å²) in [6.07, 6.45) is 3.96. The number of carbonyl (C=O) groups excluding carboxylic acids is 1. The third-order valence-electron chi connectivity index (χ3n) is 4.31. The molecule has 0 radical (unpaired) electrons. The van der Waals surface area contributed by atoms with Gasteiger partial charge < -0.3 is 16.0 Å². The van der Waals surface area contributed by atoms with Crippen molar-refractivity contribution in [1.82, 2.24) is 5.32 Å². The summed E-state index contributed by atoms with van der Waals surface area (Å²) in [5.41, 5.74) is 7.20. The zero-order chi connectivity index (χ0) is 15.1. The standard InChI is InChI=1S/C17H27N3O/c1-2-20(14-8-4-3-5-9-14)13-7-12-19-17(21)15-10-6-11-16(15)18/h3-5,8-9,15-16H,2,6-7,10-13,18H2,1H3,(H,19,21). The second-order valence-electron chi connectivity index (χ2n) is 5.76. The monoisotopic (exact) mass is 289 g/mol. The summed E-state index contributed by atoms with van der Waals surface area (Å²) in [5.74, 6) is 0.171. The van der Waals surface area contributed by atoms with Crippen molar-refractivity contribution in [3.63, 3.8) is 0 Å². The van der Waals surface area contributed by atoms with Gasteiger partial charge in [0.2, 0.25) is 5.91 Å². The Morgan fingerprint density at radius 2 is 2.10 bits per heavy atom. The minimum absolute atomic E-state index is 0.0291. The summed E-state index contributed by atoms with van der Waals surface area (Å²) in [5, 5.41) is 3.04. The molecule has 0 aliphatic heterocycles. The largest absolute Gasteiger partial charge is 0.372 e. The maximum absolute atomic E-state index is 12.0. The zero-order valence-corrected chi connectivity index (χ0v) is 12.9. The van der Waals surface area contributed by atoms with Crippen LogP contribution in [0.1, 0.15) is 32.6 Å². The fourth-order valence-electron chi connectivity index (χ4n) is 3.04. The molecule has 0 aromatic heterocycles. The molecule has 1 aliphatic rings. The smallest absolute Gasteiger partial charge is 0.224 e. The number of rotatable bonds is 7. The predicted molar refractivity (Wildman–Crippen MR) is 87.3 cm³/mol. The molecule has 1 amide bonds. The van der Waals surface area contributed by atoms with E-state index in [2.05, 4.69) is 41.4 Å². The molecule has 116 valence electrons. The Labute approximate surface area is 127 Å². The van der Waals surface area contributed by atoms with Crippen LogP contribution < -0.4 is 16.0 Å². The first kappa shape index (κ1) is 15.8. The summed E-state index contributed by atoms with van der Waals surface area (Å²) in [6, 6.07) is 10.4. The van der Waals surface area contributed by atoms with Crippen LogP contribution >= 0.6 is 0 Å². The maximum Gasteiger partial charge on any atom is 0.224 e. The topological polar surface area (TPSA) is 58.4 Å². The average Bonchev–Trinajstić information content (AvgIpc) is 2.94. The van der Waals surface area contributed by atoms with E-state index in [1.165, 1.54) is 5.69 Å². The third kappa shape index (κ3) is 4.46. The van der Waals surface area contributed by atoms with E-state index in [1.807, 2.05) is 6.07 Å². The second-order valence-corrected chi connectivity index (χ2v) is 5.76. The zero-order valence-electron chi connectivity index (χ0n) is 12.9. The molecule has 4 nitrogen and oxygen atoms in total. The number of para-hydroxylation sites is 1. The van der Waals surface area contributed by atoms with Crippen LogP contribution in [0, 0.1) is 5.92 Å². The van der Waals surface area contributed by atoms with Gasteiger partial charge in [-0.3, -0.25) is 4.79 Å². The van der Waals surface area contributed by atoms with Gasteiger partial charge in [0.15, 0.2) is 0 Å². The predicted octanol–water partition coefficient (Wildman–Crippen LogP) is 2.15. The van der Waals surface area contributed by atoms with Gasteiger partial charge >= 0.3 is 0 Å². The summed E-state index contributed by atoms with van der Waals surface area (Å²) in [7, 11) is 0. The van der Waals surface area contributed by atoms with Crippen molar-refractivity contribution >= 4 is 11.6 Å². The highest BCUT2D eigenvalue weighted by Crippen LogP contribution is 2.23. The van der Waals surface area contributed by atoms with Crippen LogP contribution in [0.4, 0.5) is 5.69 Å². The lowest BCUT2D eigenvalue weighted by molar-refractivity contribution is -0.125. The van der Waals surface area contributed by atoms with Crippen molar-refractivity contribution in [2.24, 2.45) is 11.7 Å². The fourth-order valence-corrected chi connectivity index (χ4v) is 3.04. The van der Waals surface area contributed by atoms with E-state index in [-0.39, 0.29) is 17.9 Å². The van der Waals surface area contributed by atoms with Gasteiger partial charge in [0, 0.05) is 31.4 Å². The molecule has 4 heteroatoms. The highest BCUT2D eigenvalue weighted by Gasteiger charge is 2.29. The Bertz CT molecular complexity index is 435. The van der Waals surface area contributed by atoms with Crippen molar-refractivity contribution < 1.29 is 4.79 Å². The van der Waals surface area contributed by atoms with E-state index in [4.69, 9.17) is 5.73 Å². The van der Waals surface area contributed by atoms with E-state index in [1.54, 1.807) is 0 Å². The molecule has 2 rings (SSSR count). The van der Waals surface area contributed by atoms with Crippen LogP contribution in [0.3, 0.4) is 0 Å². The molecule has 1 aromatic rings. The minimum Gasteiger partial charge on any atom is -0.372 e. The molecule has 0 spiro atoms. The van der Waals surface area contributed by atoms with Gasteiger partial charge in [-0.2, -0.15) is 0 Å². The highest BCUT2D eigenvalue weighted by atomic mass is 16.1. The molecule has 1 fully saturated rings. The van der Waals surface area contributed by atoms with Gasteiger partial charge in [0.25, 0.3) is 0 Å². The summed E-state index contributed by atoms with van der Waals surface area (Å²) in [6.45, 7) is 4.82. The molecule has 1 aliphatic carbocycles. The van der Waals surface area contributed by atoms with Gasteiger partial charge in [0.1, 0.15) is 0 Å². The van der Waals surface area contributed by atoms with Gasteiger partial charge in [-0.25, -0.2) is 0 Å². The van der Waals surface area contributed by atoms with Crippen LogP contribution in [-0.4, -0.2) is 31.6 Å². The number of hydrogen-bond acceptors (Lipinski definition) is 3. The molecule has 0 heterocycles. The van der Waals surface area contributed by atoms with E-state index >= 15 is 0 Å². The van der Waals surface area contributed by atoms with Crippen LogP contribution in [0.2, 0.25) is 0 Å². The Kier molecular flexibility index (Phi) is 6.05. The summed E-state index contributed by atoms with van der Waals surface area (Å²) in [4.78, 5) is 14.4. The number of hydrogen-bond donors (Lipinski definition) is 2. The highest BCUT2D eigenvalue weighted by molar-refractivity contribution is 5.79. The van der Waals surface area contributed by atoms with E-state index in [9.17, 15) is 4.79 Å². The first-order valence-corrected chi connectivity index (χ1v) is 8.05. The quantitative estimate of drug-likeness (QED) is 0.756. The van der Waals surface area contributed by atoms with Crippen molar-refractivity contribution in [3.05, 3.63) is 30.3 Å². The van der Waals surface area contributed by atoms with Crippen LogP contribution in [0.15, 0.2) is 30.3 Å². The molecule has 1 aromatic carbocycles. The first-order valence-electron chi connectivity index (χ1n) is 8.05. The number of carbonyl (C=O) groups is 1. The summed E-state index contributed by atoms with van der Waals surface area (Å²) < 4.78 is 0. The lowest BCUT2D eigenvalue weighted by atomic mass is 10.0. The Balaban J connectivity index is 1.70. The van der Waals surface area contributed by atoms with Crippen LogP contribution in [0.5, 0.6) is 0 Å². The van der Waals surface area contributed by atoms with Gasteiger partial charge in [-0.15, -0.1) is 0 Å². The molecule has 2 atom stereocenters. The molecular formula is C17H27N3O.